The summed E-state index contributed by atoms with van der Waals surface area (Å²) < 4.78 is 10.9. The normalized spacial score (nSPS) is 23.1. The molecule has 1 aliphatic heterocycles. The maximum absolute atomic E-state index is 5.66. The third kappa shape index (κ3) is 9.36. The molecule has 22 heavy (non-hydrogen) atoms. The molecule has 0 aromatic heterocycles. The molecule has 0 radical (unpaired) electrons. The predicted octanol–water partition coefficient (Wildman–Crippen LogP) is 4.82. The lowest BCUT2D eigenvalue weighted by Gasteiger charge is -2.32. The molecule has 1 aliphatic rings. The zero-order valence-electron chi connectivity index (χ0n) is 15.0. The van der Waals surface area contributed by atoms with Crippen molar-refractivity contribution < 1.29 is 19.2 Å². The number of ether oxygens (including phenoxy) is 2. The second-order valence-corrected chi connectivity index (χ2v) is 11.2. The van der Waals surface area contributed by atoms with Crippen molar-refractivity contribution in [2.45, 2.75) is 71.2 Å². The fourth-order valence-electron chi connectivity index (χ4n) is 2.53. The fourth-order valence-corrected chi connectivity index (χ4v) is 4.26. The third-order valence-corrected chi connectivity index (χ3v) is 6.80. The average Bonchev–Trinajstić information content (AvgIpc) is 2.88. The number of hydrogen-bond donors (Lipinski definition) is 0. The van der Waals surface area contributed by atoms with Crippen LogP contribution in [0.25, 0.3) is 0 Å². The second-order valence-electron chi connectivity index (χ2n) is 6.82. The highest BCUT2D eigenvalue weighted by molar-refractivity contribution is 8.32. The number of unbranched alkanes of at least 4 members (excludes halogenated alkanes) is 7. The standard InChI is InChI=1S/C17H36O4S/c1-5-6-7-8-9-10-11-12-14-22(3,4)15-13-18-17(2)19-16-20-21-17/h5-16H2,1-4H3. The van der Waals surface area contributed by atoms with Crippen LogP contribution in [-0.4, -0.2) is 43.4 Å². The Bertz CT molecular complexity index is 278. The van der Waals surface area contributed by atoms with Crippen LogP contribution >= 0.6 is 10.0 Å². The lowest BCUT2D eigenvalue weighted by atomic mass is 10.1. The van der Waals surface area contributed by atoms with Crippen molar-refractivity contribution in [1.82, 2.24) is 0 Å². The van der Waals surface area contributed by atoms with E-state index in [1.165, 1.54) is 57.1 Å². The smallest absolute Gasteiger partial charge is 0.311 e. The van der Waals surface area contributed by atoms with E-state index in [2.05, 4.69) is 19.4 Å². The zero-order chi connectivity index (χ0) is 16.3. The van der Waals surface area contributed by atoms with Crippen molar-refractivity contribution >= 4 is 10.0 Å². The van der Waals surface area contributed by atoms with Crippen LogP contribution in [0, 0.1) is 0 Å². The van der Waals surface area contributed by atoms with Crippen LogP contribution in [0.2, 0.25) is 0 Å². The fraction of sp³-hybridized carbons (Fsp3) is 1.00. The lowest BCUT2D eigenvalue weighted by Crippen LogP contribution is -2.31. The van der Waals surface area contributed by atoms with Gasteiger partial charge in [0, 0.05) is 12.7 Å². The summed E-state index contributed by atoms with van der Waals surface area (Å²) in [5.41, 5.74) is 0. The van der Waals surface area contributed by atoms with Crippen LogP contribution in [0.1, 0.15) is 65.2 Å². The van der Waals surface area contributed by atoms with E-state index in [0.717, 1.165) is 5.75 Å². The van der Waals surface area contributed by atoms with Gasteiger partial charge in [-0.2, -0.15) is 4.89 Å². The molecule has 0 saturated carbocycles. The van der Waals surface area contributed by atoms with Crippen molar-refractivity contribution in [3.63, 3.8) is 0 Å². The molecule has 1 rings (SSSR count). The number of hydrogen-bond acceptors (Lipinski definition) is 4. The first-order valence-corrected chi connectivity index (χ1v) is 11.5. The Kier molecular flexibility index (Phi) is 10.00. The molecule has 0 spiro atoms. The first kappa shape index (κ1) is 20.2. The van der Waals surface area contributed by atoms with Crippen molar-refractivity contribution in [3.8, 4) is 0 Å². The van der Waals surface area contributed by atoms with E-state index in [4.69, 9.17) is 19.2 Å². The molecule has 0 aromatic carbocycles. The summed E-state index contributed by atoms with van der Waals surface area (Å²) in [5.74, 6) is 1.42. The van der Waals surface area contributed by atoms with Gasteiger partial charge in [0.25, 0.3) is 0 Å². The second kappa shape index (κ2) is 10.9. The molecule has 0 aromatic rings. The van der Waals surface area contributed by atoms with Gasteiger partial charge in [-0.05, 0) is 24.7 Å². The molecule has 0 N–H and O–H groups in total. The van der Waals surface area contributed by atoms with Crippen LogP contribution in [0.3, 0.4) is 0 Å². The van der Waals surface area contributed by atoms with Gasteiger partial charge in [0.1, 0.15) is 0 Å². The van der Waals surface area contributed by atoms with E-state index >= 15 is 0 Å². The molecular formula is C17H36O4S. The van der Waals surface area contributed by atoms with Crippen LogP contribution < -0.4 is 0 Å². The predicted molar refractivity (Wildman–Crippen MR) is 94.3 cm³/mol. The quantitative estimate of drug-likeness (QED) is 0.357. The Morgan fingerprint density at radius 2 is 1.59 bits per heavy atom. The summed E-state index contributed by atoms with van der Waals surface area (Å²) in [6.45, 7) is 4.83. The van der Waals surface area contributed by atoms with Gasteiger partial charge in [0.05, 0.1) is 6.61 Å². The van der Waals surface area contributed by atoms with Gasteiger partial charge < -0.3 is 4.74 Å². The van der Waals surface area contributed by atoms with E-state index in [0.29, 0.717) is 6.61 Å². The minimum Gasteiger partial charge on any atom is -0.325 e. The molecule has 1 atom stereocenters. The molecular weight excluding hydrogens is 300 g/mol. The summed E-state index contributed by atoms with van der Waals surface area (Å²) in [6.07, 6.45) is 15.9. The van der Waals surface area contributed by atoms with E-state index in [-0.39, 0.29) is 6.79 Å². The first-order chi connectivity index (χ1) is 10.5. The summed E-state index contributed by atoms with van der Waals surface area (Å²) in [5, 5.41) is 0. The largest absolute Gasteiger partial charge is 0.325 e. The summed E-state index contributed by atoms with van der Waals surface area (Å²) in [4.78, 5) is 9.70. The van der Waals surface area contributed by atoms with Gasteiger partial charge in [-0.1, -0.05) is 51.9 Å². The Morgan fingerprint density at radius 1 is 0.955 bits per heavy atom. The SMILES string of the molecule is CCCCCCCCCCS(C)(C)CCOC1(C)OCOO1. The summed E-state index contributed by atoms with van der Waals surface area (Å²) in [7, 11) is -0.578. The van der Waals surface area contributed by atoms with Crippen molar-refractivity contribution in [3.05, 3.63) is 0 Å². The lowest BCUT2D eigenvalue weighted by molar-refractivity contribution is -0.403. The molecule has 0 aliphatic carbocycles. The van der Waals surface area contributed by atoms with Crippen molar-refractivity contribution in [2.24, 2.45) is 0 Å². The van der Waals surface area contributed by atoms with Crippen molar-refractivity contribution in [1.29, 1.82) is 0 Å². The summed E-state index contributed by atoms with van der Waals surface area (Å²) in [6, 6.07) is 0. The Balaban J connectivity index is 1.98. The van der Waals surface area contributed by atoms with E-state index in [9.17, 15) is 0 Å². The monoisotopic (exact) mass is 336 g/mol. The van der Waals surface area contributed by atoms with Gasteiger partial charge in [0.2, 0.25) is 0 Å². The highest BCUT2D eigenvalue weighted by Gasteiger charge is 2.34. The topological polar surface area (TPSA) is 36.9 Å². The summed E-state index contributed by atoms with van der Waals surface area (Å²) >= 11 is 0. The molecule has 134 valence electrons. The molecule has 1 fully saturated rings. The maximum atomic E-state index is 5.66. The van der Waals surface area contributed by atoms with Crippen LogP contribution in [0.5, 0.6) is 0 Å². The first-order valence-electron chi connectivity index (χ1n) is 8.75. The molecule has 1 unspecified atom stereocenters. The van der Waals surface area contributed by atoms with Gasteiger partial charge in [-0.15, -0.1) is 0 Å². The Morgan fingerprint density at radius 3 is 2.18 bits per heavy atom. The van der Waals surface area contributed by atoms with Crippen LogP contribution in [0.4, 0.5) is 0 Å². The molecule has 4 nitrogen and oxygen atoms in total. The minimum atomic E-state index is -1.01. The third-order valence-electron chi connectivity index (χ3n) is 4.13. The molecule has 0 bridgehead atoms. The van der Waals surface area contributed by atoms with Gasteiger partial charge in [-0.3, -0.25) is 4.74 Å². The molecule has 1 saturated heterocycles. The van der Waals surface area contributed by atoms with E-state index in [1.807, 2.05) is 0 Å². The maximum Gasteiger partial charge on any atom is 0.311 e. The Hall–Kier alpha value is 0.190. The number of rotatable bonds is 13. The minimum absolute atomic E-state index is 0.144. The highest BCUT2D eigenvalue weighted by atomic mass is 32.3. The Labute approximate surface area is 138 Å². The average molecular weight is 337 g/mol. The van der Waals surface area contributed by atoms with Gasteiger partial charge in [-0.25, -0.2) is 14.9 Å². The van der Waals surface area contributed by atoms with Gasteiger partial charge >= 0.3 is 5.97 Å². The molecule has 0 amide bonds. The molecule has 5 heteroatoms. The van der Waals surface area contributed by atoms with E-state index < -0.39 is 16.0 Å². The zero-order valence-corrected chi connectivity index (χ0v) is 15.8. The molecule has 1 heterocycles. The van der Waals surface area contributed by atoms with Gasteiger partial charge in [0.15, 0.2) is 6.79 Å². The van der Waals surface area contributed by atoms with Crippen LogP contribution in [0.15, 0.2) is 0 Å². The van der Waals surface area contributed by atoms with E-state index in [1.54, 1.807) is 6.92 Å². The van der Waals surface area contributed by atoms with Crippen molar-refractivity contribution in [2.75, 3.05) is 37.4 Å². The van der Waals surface area contributed by atoms with Crippen LogP contribution in [-0.2, 0) is 19.2 Å². The highest BCUT2D eigenvalue weighted by Crippen LogP contribution is 2.40.